The molecule has 4 rings (SSSR count). The van der Waals surface area contributed by atoms with Crippen LogP contribution in [0.25, 0.3) is 22.3 Å². The normalized spacial score (nSPS) is 11.1. The average molecular weight is 362 g/mol. The van der Waals surface area contributed by atoms with E-state index in [-0.39, 0.29) is 17.4 Å². The summed E-state index contributed by atoms with van der Waals surface area (Å²) in [6.45, 7) is 3.68. The maximum atomic E-state index is 10.0. The second-order valence-electron chi connectivity index (χ2n) is 6.35. The molecule has 0 spiro atoms. The number of benzene rings is 1. The first-order valence-corrected chi connectivity index (χ1v) is 8.30. The van der Waals surface area contributed by atoms with E-state index >= 15 is 0 Å². The zero-order chi connectivity index (χ0) is 19.1. The van der Waals surface area contributed by atoms with E-state index in [0.29, 0.717) is 33.6 Å². The van der Waals surface area contributed by atoms with Crippen molar-refractivity contribution in [3.63, 3.8) is 0 Å². The number of aromatic nitrogens is 5. The van der Waals surface area contributed by atoms with Crippen molar-refractivity contribution in [2.24, 2.45) is 7.05 Å². The lowest BCUT2D eigenvalue weighted by atomic mass is 10.1. The van der Waals surface area contributed by atoms with Crippen molar-refractivity contribution in [3.05, 3.63) is 48.2 Å². The highest BCUT2D eigenvalue weighted by Gasteiger charge is 2.18. The monoisotopic (exact) mass is 362 g/mol. The average Bonchev–Trinajstić information content (AvgIpc) is 3.08. The van der Waals surface area contributed by atoms with Crippen LogP contribution in [0, 0.1) is 13.8 Å². The van der Waals surface area contributed by atoms with Gasteiger partial charge in [-0.25, -0.2) is 19.9 Å². The van der Waals surface area contributed by atoms with Crippen molar-refractivity contribution in [1.82, 2.24) is 24.5 Å². The van der Waals surface area contributed by atoms with Gasteiger partial charge < -0.3 is 20.1 Å². The second kappa shape index (κ2) is 6.24. The third kappa shape index (κ3) is 2.91. The van der Waals surface area contributed by atoms with Crippen LogP contribution in [-0.4, -0.2) is 29.6 Å². The minimum absolute atomic E-state index is 0.144. The molecular formula is C19H18N6O2. The SMILES string of the molecule is Cc1ccc(O)c(C)c1Oc1nc(-c2cn(C)cn2)cc2ncnc(N)c12. The van der Waals surface area contributed by atoms with Gasteiger partial charge >= 0.3 is 0 Å². The molecule has 0 unspecified atom stereocenters. The number of fused-ring (bicyclic) bond motifs is 1. The summed E-state index contributed by atoms with van der Waals surface area (Å²) >= 11 is 0. The number of phenols is 1. The molecule has 0 aliphatic carbocycles. The summed E-state index contributed by atoms with van der Waals surface area (Å²) in [5, 5.41) is 10.6. The topological polar surface area (TPSA) is 112 Å². The van der Waals surface area contributed by atoms with Crippen LogP contribution in [0.1, 0.15) is 11.1 Å². The molecule has 0 amide bonds. The maximum absolute atomic E-state index is 10.0. The van der Waals surface area contributed by atoms with Crippen LogP contribution in [0.3, 0.4) is 0 Å². The summed E-state index contributed by atoms with van der Waals surface area (Å²) < 4.78 is 7.95. The predicted octanol–water partition coefficient (Wildman–Crippen LogP) is 3.12. The fourth-order valence-electron chi connectivity index (χ4n) is 2.89. The first-order valence-electron chi connectivity index (χ1n) is 8.30. The van der Waals surface area contributed by atoms with Gasteiger partial charge in [0.25, 0.3) is 0 Å². The zero-order valence-electron chi connectivity index (χ0n) is 15.1. The van der Waals surface area contributed by atoms with Crippen LogP contribution in [0.5, 0.6) is 17.4 Å². The van der Waals surface area contributed by atoms with Gasteiger partial charge in [-0.3, -0.25) is 0 Å². The lowest BCUT2D eigenvalue weighted by molar-refractivity contribution is 0.440. The minimum atomic E-state index is 0.144. The highest BCUT2D eigenvalue weighted by atomic mass is 16.5. The molecular weight excluding hydrogens is 344 g/mol. The number of imidazole rings is 1. The number of anilines is 1. The Balaban J connectivity index is 1.95. The summed E-state index contributed by atoms with van der Waals surface area (Å²) in [6.07, 6.45) is 4.95. The quantitative estimate of drug-likeness (QED) is 0.576. The summed E-state index contributed by atoms with van der Waals surface area (Å²) in [5.41, 5.74) is 9.43. The van der Waals surface area contributed by atoms with Crippen molar-refractivity contribution in [1.29, 1.82) is 0 Å². The molecule has 4 aromatic rings. The number of nitrogens with two attached hydrogens (primary N) is 1. The van der Waals surface area contributed by atoms with E-state index in [1.165, 1.54) is 6.33 Å². The number of pyridine rings is 1. The first-order chi connectivity index (χ1) is 12.9. The van der Waals surface area contributed by atoms with Gasteiger partial charge in [0.15, 0.2) is 0 Å². The summed E-state index contributed by atoms with van der Waals surface area (Å²) in [4.78, 5) is 17.3. The molecule has 27 heavy (non-hydrogen) atoms. The summed E-state index contributed by atoms with van der Waals surface area (Å²) in [6, 6.07) is 5.21. The van der Waals surface area contributed by atoms with Crippen LogP contribution in [0.15, 0.2) is 37.1 Å². The molecule has 8 nitrogen and oxygen atoms in total. The number of ether oxygens (including phenoxy) is 1. The van der Waals surface area contributed by atoms with E-state index in [9.17, 15) is 5.11 Å². The second-order valence-corrected chi connectivity index (χ2v) is 6.35. The first kappa shape index (κ1) is 16.8. The van der Waals surface area contributed by atoms with Gasteiger partial charge in [-0.1, -0.05) is 6.07 Å². The number of nitrogen functional groups attached to an aromatic ring is 1. The molecule has 3 aromatic heterocycles. The molecule has 0 saturated heterocycles. The smallest absolute Gasteiger partial charge is 0.233 e. The Hall–Kier alpha value is -3.68. The molecule has 0 fully saturated rings. The van der Waals surface area contributed by atoms with Crippen LogP contribution >= 0.6 is 0 Å². The van der Waals surface area contributed by atoms with Gasteiger partial charge in [-0.2, -0.15) is 0 Å². The van der Waals surface area contributed by atoms with Gasteiger partial charge in [0.05, 0.1) is 17.5 Å². The van der Waals surface area contributed by atoms with Gasteiger partial charge in [0.1, 0.15) is 34.7 Å². The van der Waals surface area contributed by atoms with E-state index in [0.717, 1.165) is 5.56 Å². The predicted molar refractivity (Wildman–Crippen MR) is 102 cm³/mol. The molecule has 3 N–H and O–H groups in total. The minimum Gasteiger partial charge on any atom is -0.508 e. The van der Waals surface area contributed by atoms with Gasteiger partial charge in [0.2, 0.25) is 5.88 Å². The van der Waals surface area contributed by atoms with E-state index in [4.69, 9.17) is 10.5 Å². The molecule has 1 aromatic carbocycles. The van der Waals surface area contributed by atoms with Crippen molar-refractivity contribution in [3.8, 4) is 28.8 Å². The molecule has 0 radical (unpaired) electrons. The molecule has 8 heteroatoms. The highest BCUT2D eigenvalue weighted by Crippen LogP contribution is 2.37. The lowest BCUT2D eigenvalue weighted by Crippen LogP contribution is -2.01. The molecule has 0 aliphatic rings. The highest BCUT2D eigenvalue weighted by molar-refractivity contribution is 5.94. The van der Waals surface area contributed by atoms with E-state index in [2.05, 4.69) is 19.9 Å². The van der Waals surface area contributed by atoms with E-state index in [1.807, 2.05) is 24.7 Å². The zero-order valence-corrected chi connectivity index (χ0v) is 15.1. The van der Waals surface area contributed by atoms with Crippen LogP contribution in [0.2, 0.25) is 0 Å². The number of aryl methyl sites for hydroxylation is 2. The van der Waals surface area contributed by atoms with Gasteiger partial charge in [-0.05, 0) is 31.5 Å². The Labute approximate surface area is 155 Å². The third-order valence-corrected chi connectivity index (χ3v) is 4.36. The number of hydrogen-bond acceptors (Lipinski definition) is 7. The number of nitrogens with zero attached hydrogens (tertiary/aromatic N) is 5. The largest absolute Gasteiger partial charge is 0.508 e. The Morgan fingerprint density at radius 1 is 1.11 bits per heavy atom. The number of aromatic hydroxyl groups is 1. The fourth-order valence-corrected chi connectivity index (χ4v) is 2.89. The van der Waals surface area contributed by atoms with Crippen molar-refractivity contribution in [2.75, 3.05) is 5.73 Å². The summed E-state index contributed by atoms with van der Waals surface area (Å²) in [7, 11) is 1.88. The molecule has 0 aliphatic heterocycles. The third-order valence-electron chi connectivity index (χ3n) is 4.36. The molecule has 3 heterocycles. The van der Waals surface area contributed by atoms with Gasteiger partial charge in [-0.15, -0.1) is 0 Å². The number of rotatable bonds is 3. The van der Waals surface area contributed by atoms with Crippen LogP contribution < -0.4 is 10.5 Å². The molecule has 0 atom stereocenters. The number of phenolic OH excluding ortho intramolecular Hbond substituents is 1. The van der Waals surface area contributed by atoms with Crippen molar-refractivity contribution >= 4 is 16.7 Å². The molecule has 0 bridgehead atoms. The Kier molecular flexibility index (Phi) is 3.88. The van der Waals surface area contributed by atoms with E-state index in [1.54, 1.807) is 31.5 Å². The van der Waals surface area contributed by atoms with Crippen LogP contribution in [-0.2, 0) is 7.05 Å². The van der Waals surface area contributed by atoms with Crippen molar-refractivity contribution < 1.29 is 9.84 Å². The van der Waals surface area contributed by atoms with Gasteiger partial charge in [0, 0.05) is 18.8 Å². The standard InChI is InChI=1S/C19H18N6O2/c1-10-4-5-15(26)11(2)17(10)27-19-16-13(21-8-22-18(16)20)6-12(24-19)14-7-25(3)9-23-14/h4-9,26H,1-3H3,(H2,20,21,22). The van der Waals surface area contributed by atoms with Crippen LogP contribution in [0.4, 0.5) is 5.82 Å². The summed E-state index contributed by atoms with van der Waals surface area (Å²) in [5.74, 6) is 1.20. The number of hydrogen-bond donors (Lipinski definition) is 2. The Morgan fingerprint density at radius 3 is 2.67 bits per heavy atom. The Bertz CT molecular complexity index is 1170. The van der Waals surface area contributed by atoms with Crippen molar-refractivity contribution in [2.45, 2.75) is 13.8 Å². The molecule has 136 valence electrons. The molecule has 0 saturated carbocycles. The Morgan fingerprint density at radius 2 is 1.93 bits per heavy atom. The van der Waals surface area contributed by atoms with E-state index < -0.39 is 0 Å². The maximum Gasteiger partial charge on any atom is 0.233 e. The lowest BCUT2D eigenvalue weighted by Gasteiger charge is -2.14. The fraction of sp³-hybridized carbons (Fsp3) is 0.158.